The molecule has 0 aromatic heterocycles. The van der Waals surface area contributed by atoms with Crippen molar-refractivity contribution in [3.8, 4) is 5.75 Å². The van der Waals surface area contributed by atoms with E-state index in [2.05, 4.69) is 4.90 Å². The van der Waals surface area contributed by atoms with Crippen LogP contribution < -0.4 is 4.74 Å². The number of hydrogen-bond donors (Lipinski definition) is 1. The fourth-order valence-electron chi connectivity index (χ4n) is 3.10. The highest BCUT2D eigenvalue weighted by Gasteiger charge is 2.37. The molecule has 1 aromatic rings. The normalized spacial score (nSPS) is 19.1. The lowest BCUT2D eigenvalue weighted by atomic mass is 9.88. The Kier molecular flexibility index (Phi) is 5.22. The van der Waals surface area contributed by atoms with Gasteiger partial charge in [0.15, 0.2) is 11.6 Å². The van der Waals surface area contributed by atoms with Crippen LogP contribution in [0.15, 0.2) is 18.2 Å². The molecule has 0 spiro atoms. The van der Waals surface area contributed by atoms with E-state index in [1.54, 1.807) is 18.2 Å². The lowest BCUT2D eigenvalue weighted by molar-refractivity contribution is -0.0120. The van der Waals surface area contributed by atoms with Crippen LogP contribution in [-0.2, 0) is 0 Å². The summed E-state index contributed by atoms with van der Waals surface area (Å²) in [6.45, 7) is 5.88. The van der Waals surface area contributed by atoms with Gasteiger partial charge >= 0.3 is 0 Å². The van der Waals surface area contributed by atoms with Crippen LogP contribution in [0.2, 0.25) is 0 Å². The van der Waals surface area contributed by atoms with Gasteiger partial charge in [0.25, 0.3) is 0 Å². The Hall–Kier alpha value is -1.13. The monoisotopic (exact) mass is 295 g/mol. The van der Waals surface area contributed by atoms with E-state index < -0.39 is 17.5 Å². The summed E-state index contributed by atoms with van der Waals surface area (Å²) in [6, 6.07) is 4.94. The van der Waals surface area contributed by atoms with Crippen LogP contribution in [0.25, 0.3) is 0 Å². The number of rotatable bonds is 4. The second-order valence-electron chi connectivity index (χ2n) is 6.32. The molecule has 2 rings (SSSR count). The van der Waals surface area contributed by atoms with E-state index in [0.29, 0.717) is 5.56 Å². The molecular formula is C17H26FNO2. The van der Waals surface area contributed by atoms with E-state index in [-0.39, 0.29) is 5.75 Å². The minimum Gasteiger partial charge on any atom is -0.494 e. The van der Waals surface area contributed by atoms with Crippen LogP contribution in [0.4, 0.5) is 4.39 Å². The SMILES string of the molecule is COc1cccc(C(O)C(C)(C)N2CCCCCC2)c1F. The number of aliphatic hydroxyl groups excluding tert-OH is 1. The van der Waals surface area contributed by atoms with Gasteiger partial charge in [-0.3, -0.25) is 4.90 Å². The van der Waals surface area contributed by atoms with Crippen molar-refractivity contribution in [2.24, 2.45) is 0 Å². The Balaban J connectivity index is 2.26. The molecule has 118 valence electrons. The Morgan fingerprint density at radius 2 is 1.81 bits per heavy atom. The first kappa shape index (κ1) is 16.2. The summed E-state index contributed by atoms with van der Waals surface area (Å²) in [7, 11) is 1.44. The number of nitrogens with zero attached hydrogens (tertiary/aromatic N) is 1. The number of hydrogen-bond acceptors (Lipinski definition) is 3. The molecule has 1 aliphatic heterocycles. The third-order valence-electron chi connectivity index (χ3n) is 4.60. The largest absolute Gasteiger partial charge is 0.494 e. The standard InChI is InChI=1S/C17H26FNO2/c1-17(2,19-11-6-4-5-7-12-19)16(20)13-9-8-10-14(21-3)15(13)18/h8-10,16,20H,4-7,11-12H2,1-3H3. The van der Waals surface area contributed by atoms with Gasteiger partial charge in [-0.15, -0.1) is 0 Å². The van der Waals surface area contributed by atoms with Crippen molar-refractivity contribution in [2.75, 3.05) is 20.2 Å². The van der Waals surface area contributed by atoms with Crippen LogP contribution in [0, 0.1) is 5.82 Å². The smallest absolute Gasteiger partial charge is 0.170 e. The van der Waals surface area contributed by atoms with Crippen LogP contribution in [0.3, 0.4) is 0 Å². The predicted molar refractivity (Wildman–Crippen MR) is 82.0 cm³/mol. The Morgan fingerprint density at radius 1 is 1.19 bits per heavy atom. The molecule has 0 saturated carbocycles. The molecule has 1 atom stereocenters. The fourth-order valence-corrected chi connectivity index (χ4v) is 3.10. The molecule has 0 amide bonds. The maximum atomic E-state index is 14.4. The summed E-state index contributed by atoms with van der Waals surface area (Å²) in [5, 5.41) is 10.8. The first-order valence-electron chi connectivity index (χ1n) is 7.74. The third-order valence-corrected chi connectivity index (χ3v) is 4.60. The number of benzene rings is 1. The van der Waals surface area contributed by atoms with Crippen molar-refractivity contribution >= 4 is 0 Å². The van der Waals surface area contributed by atoms with E-state index in [1.807, 2.05) is 13.8 Å². The third kappa shape index (κ3) is 3.38. The molecular weight excluding hydrogens is 269 g/mol. The summed E-state index contributed by atoms with van der Waals surface area (Å²) in [6.07, 6.45) is 3.85. The summed E-state index contributed by atoms with van der Waals surface area (Å²) >= 11 is 0. The van der Waals surface area contributed by atoms with Gasteiger partial charge in [0.2, 0.25) is 0 Å². The number of halogens is 1. The first-order chi connectivity index (χ1) is 9.98. The van der Waals surface area contributed by atoms with Crippen LogP contribution in [0.5, 0.6) is 5.75 Å². The van der Waals surface area contributed by atoms with E-state index in [0.717, 1.165) is 25.9 Å². The average Bonchev–Trinajstić information content (AvgIpc) is 2.76. The second-order valence-corrected chi connectivity index (χ2v) is 6.32. The average molecular weight is 295 g/mol. The maximum absolute atomic E-state index is 14.4. The summed E-state index contributed by atoms with van der Waals surface area (Å²) in [5.41, 5.74) is -0.194. The summed E-state index contributed by atoms with van der Waals surface area (Å²) in [4.78, 5) is 2.28. The van der Waals surface area contributed by atoms with E-state index in [1.165, 1.54) is 20.0 Å². The zero-order chi connectivity index (χ0) is 15.5. The molecule has 1 saturated heterocycles. The molecule has 0 bridgehead atoms. The lowest BCUT2D eigenvalue weighted by Gasteiger charge is -2.41. The van der Waals surface area contributed by atoms with E-state index in [9.17, 15) is 9.50 Å². The Bertz CT molecular complexity index is 468. The highest BCUT2D eigenvalue weighted by molar-refractivity contribution is 5.33. The van der Waals surface area contributed by atoms with Crippen LogP contribution in [-0.4, -0.2) is 35.7 Å². The van der Waals surface area contributed by atoms with Crippen LogP contribution in [0.1, 0.15) is 51.2 Å². The van der Waals surface area contributed by atoms with Crippen molar-refractivity contribution in [1.82, 2.24) is 4.90 Å². The molecule has 1 aromatic carbocycles. The first-order valence-corrected chi connectivity index (χ1v) is 7.74. The van der Waals surface area contributed by atoms with Crippen LogP contribution >= 0.6 is 0 Å². The topological polar surface area (TPSA) is 32.7 Å². The van der Waals surface area contributed by atoms with Gasteiger partial charge in [0.1, 0.15) is 0 Å². The number of methoxy groups -OCH3 is 1. The molecule has 0 radical (unpaired) electrons. The van der Waals surface area contributed by atoms with Crippen molar-refractivity contribution in [3.05, 3.63) is 29.6 Å². The maximum Gasteiger partial charge on any atom is 0.170 e. The Morgan fingerprint density at radius 3 is 2.38 bits per heavy atom. The van der Waals surface area contributed by atoms with Crippen molar-refractivity contribution in [2.45, 2.75) is 51.2 Å². The lowest BCUT2D eigenvalue weighted by Crippen LogP contribution is -2.49. The van der Waals surface area contributed by atoms with Gasteiger partial charge < -0.3 is 9.84 Å². The zero-order valence-electron chi connectivity index (χ0n) is 13.2. The minimum atomic E-state index is -0.884. The molecule has 1 fully saturated rings. The molecule has 0 aliphatic carbocycles. The molecule has 3 nitrogen and oxygen atoms in total. The number of ether oxygens (including phenoxy) is 1. The fraction of sp³-hybridized carbons (Fsp3) is 0.647. The van der Waals surface area contributed by atoms with Gasteiger partial charge in [0, 0.05) is 11.1 Å². The second kappa shape index (κ2) is 6.75. The number of likely N-dealkylation sites (tertiary alicyclic amines) is 1. The summed E-state index contributed by atoms with van der Waals surface area (Å²) < 4.78 is 19.4. The van der Waals surface area contributed by atoms with Gasteiger partial charge in [-0.2, -0.15) is 0 Å². The van der Waals surface area contributed by atoms with Gasteiger partial charge in [-0.1, -0.05) is 25.0 Å². The van der Waals surface area contributed by atoms with E-state index >= 15 is 0 Å². The Labute approximate surface area is 126 Å². The quantitative estimate of drug-likeness (QED) is 0.922. The molecule has 1 N–H and O–H groups in total. The molecule has 1 unspecified atom stereocenters. The van der Waals surface area contributed by atoms with Gasteiger partial charge in [-0.05, 0) is 45.8 Å². The van der Waals surface area contributed by atoms with E-state index in [4.69, 9.17) is 4.74 Å². The van der Waals surface area contributed by atoms with Gasteiger partial charge in [-0.25, -0.2) is 4.39 Å². The van der Waals surface area contributed by atoms with Gasteiger partial charge in [0.05, 0.1) is 13.2 Å². The zero-order valence-corrected chi connectivity index (χ0v) is 13.2. The molecule has 1 heterocycles. The minimum absolute atomic E-state index is 0.179. The van der Waals surface area contributed by atoms with Crippen molar-refractivity contribution in [1.29, 1.82) is 0 Å². The highest BCUT2D eigenvalue weighted by atomic mass is 19.1. The number of aliphatic hydroxyl groups is 1. The molecule has 4 heteroatoms. The van der Waals surface area contributed by atoms with Crippen molar-refractivity contribution in [3.63, 3.8) is 0 Å². The predicted octanol–water partition coefficient (Wildman–Crippen LogP) is 3.52. The van der Waals surface area contributed by atoms with Crippen molar-refractivity contribution < 1.29 is 14.2 Å². The molecule has 21 heavy (non-hydrogen) atoms. The molecule has 1 aliphatic rings. The summed E-state index contributed by atoms with van der Waals surface area (Å²) in [5.74, 6) is -0.284. The highest BCUT2D eigenvalue weighted by Crippen LogP contribution is 2.35.